The van der Waals surface area contributed by atoms with Gasteiger partial charge in [0, 0.05) is 182 Å². The first kappa shape index (κ1) is 96.7. The highest BCUT2D eigenvalue weighted by atomic mass is 35.5. The zero-order chi connectivity index (χ0) is 103. The number of rotatable bonds is 18. The van der Waals surface area contributed by atoms with E-state index in [1.807, 2.05) is 128 Å². The Balaban J connectivity index is 0.000000112. The first-order valence-corrected chi connectivity index (χ1v) is 47.5. The summed E-state index contributed by atoms with van der Waals surface area (Å²) in [4.78, 5) is 151. The first-order valence-electron chi connectivity index (χ1n) is 46.4. The molecule has 17 heterocycles. The third kappa shape index (κ3) is 20.5. The number of H-pyrrole nitrogens is 2. The van der Waals surface area contributed by atoms with Crippen LogP contribution in [0.4, 0.5) is 34.9 Å². The van der Waals surface area contributed by atoms with Crippen LogP contribution in [-0.4, -0.2) is 178 Å². The van der Waals surface area contributed by atoms with E-state index in [1.165, 1.54) is 22.1 Å². The van der Waals surface area contributed by atoms with E-state index in [2.05, 4.69) is 95.6 Å². The summed E-state index contributed by atoms with van der Waals surface area (Å²) in [5.41, 5.74) is 44.1. The third-order valence-electron chi connectivity index (χ3n) is 24.4. The van der Waals surface area contributed by atoms with Gasteiger partial charge in [0.25, 0.3) is 22.9 Å². The number of fused-ring (bicyclic) bond motifs is 5. The smallest absolute Gasteiger partial charge is 0.284 e. The number of halogens is 3. The number of nitrogens with one attached hydrogen (secondary N) is 3. The van der Waals surface area contributed by atoms with Crippen LogP contribution in [0.3, 0.4) is 0 Å². The van der Waals surface area contributed by atoms with Gasteiger partial charge in [-0.15, -0.1) is 0 Å². The Kier molecular flexibility index (Phi) is 27.0. The van der Waals surface area contributed by atoms with Crippen molar-refractivity contribution in [3.63, 3.8) is 0 Å². The van der Waals surface area contributed by atoms with Gasteiger partial charge in [-0.2, -0.15) is 20.4 Å². The fourth-order valence-corrected chi connectivity index (χ4v) is 17.6. The van der Waals surface area contributed by atoms with Crippen LogP contribution in [-0.2, 0) is 30.7 Å². The van der Waals surface area contributed by atoms with Gasteiger partial charge in [0.1, 0.15) is 51.2 Å². The van der Waals surface area contributed by atoms with Gasteiger partial charge >= 0.3 is 0 Å². The molecule has 1 aliphatic carbocycles. The van der Waals surface area contributed by atoms with Crippen molar-refractivity contribution in [2.45, 2.75) is 45.1 Å². The van der Waals surface area contributed by atoms with Crippen molar-refractivity contribution in [3.05, 3.63) is 321 Å². The Morgan fingerprint density at radius 1 is 0.446 bits per heavy atom. The molecule has 24 rings (SSSR count). The second-order valence-corrected chi connectivity index (χ2v) is 36.0. The molecule has 1 unspecified atom stereocenters. The van der Waals surface area contributed by atoms with Gasteiger partial charge in [0.2, 0.25) is 5.91 Å². The van der Waals surface area contributed by atoms with Crippen molar-refractivity contribution < 1.29 is 28.7 Å². The molecule has 39 nitrogen and oxygen atoms in total. The summed E-state index contributed by atoms with van der Waals surface area (Å²) in [6, 6.07) is 58.8. The molecule has 3 fully saturated rings. The van der Waals surface area contributed by atoms with Crippen molar-refractivity contribution in [1.82, 2.24) is 123 Å². The lowest BCUT2D eigenvalue weighted by molar-refractivity contribution is -0.117. The molecule has 2 saturated heterocycles. The van der Waals surface area contributed by atoms with Gasteiger partial charge < -0.3 is 48.6 Å². The highest BCUT2D eigenvalue weighted by Crippen LogP contribution is 2.42. The van der Waals surface area contributed by atoms with Crippen LogP contribution < -0.4 is 45.1 Å². The van der Waals surface area contributed by atoms with Gasteiger partial charge in [0.15, 0.2) is 63.7 Å². The highest BCUT2D eigenvalue weighted by Gasteiger charge is 2.34. The second-order valence-electron chi connectivity index (χ2n) is 34.8. The average molecular weight is 2030 g/mol. The third-order valence-corrected chi connectivity index (χ3v) is 25.2. The lowest BCUT2D eigenvalue weighted by atomic mass is 10.0. The molecule has 2 aliphatic heterocycles. The standard InChI is InChI=1S/C23H19ClN6O2.C23H19N5O.C22H16ClN7O.C21H18N6O3.C17H14ClN7O/c24-16-13-15(12-14-6-5-8-26-18(14)16)19-22(30-11-2-1-7-17(30)31)28-21(25)20(27-19)23(32)29-9-3-4-10-29;24-21-22(28-23(29)15-8-9-15)27-20(19(26-21)14-5-2-1-3-6-14)17-10-11-18-16(13-17)7-4-12-25-18;1-29-10-6-16(28-29)19-18(14-11-13-5-4-7-25-17(13)15(23)12-14)26-20(21(24)27-19)22(31)30-8-2-3-9-30;1-27-7-5-15(26-27)18-17(12-2-3-14-11(8-12)4-6-23-21(14)29)24-19(20(22)25-18)16(28)9-13-10-30-13;1-8(26)13-17(19)22-16(12-3-4-25(2)24-12)15(21-13)9-5-10-7-20-23-14(10)11(18)6-9/h1-2,5-8,11-13H,3-4,9-10H2,(H2,25,28);1-7,10-13,15H,8-9H2,(H2,24,26)(H,27,28,29);2-12H,1H3,(H2,24,27);2-8,13H,9-10H2,1H3,(H2,22,25)(H,23,29);3-7H,1-2H3,(H2,19,22)(H,20,23). The van der Waals surface area contributed by atoms with Crippen molar-refractivity contribution in [2.24, 2.45) is 27.1 Å². The molecule has 1 atom stereocenters. The largest absolute Gasteiger partial charge is 0.382 e. The predicted molar refractivity (Wildman–Crippen MR) is 565 cm³/mol. The minimum atomic E-state index is -0.377. The number of aromatic nitrogens is 24. The molecule has 3 aliphatic rings. The van der Waals surface area contributed by atoms with E-state index in [1.54, 1.807) is 168 Å². The summed E-state index contributed by atoms with van der Waals surface area (Å²) >= 11 is 19.4. The molecular formula is C106H86Cl3N31O8. The number of ketones is 2. The maximum absolute atomic E-state index is 13.1. The second kappa shape index (κ2) is 41.3. The summed E-state index contributed by atoms with van der Waals surface area (Å²) in [5.74, 6) is -0.245. The number of carbonyl (C=O) groups excluding carboxylic acids is 5. The Morgan fingerprint density at radius 3 is 1.53 bits per heavy atom. The van der Waals surface area contributed by atoms with Gasteiger partial charge in [0.05, 0.1) is 84.5 Å². The molecular weight excluding hydrogens is 1940 g/mol. The summed E-state index contributed by atoms with van der Waals surface area (Å²) in [5, 5.41) is 29.1. The van der Waals surface area contributed by atoms with Crippen molar-refractivity contribution in [2.75, 3.05) is 53.7 Å². The Morgan fingerprint density at radius 2 is 0.939 bits per heavy atom. The number of Topliss-reactive ketones (excluding diaryl/α,β-unsaturated/α-hetero) is 2. The Labute approximate surface area is 854 Å². The van der Waals surface area contributed by atoms with Crippen LogP contribution in [0.1, 0.15) is 81.0 Å². The zero-order valence-electron chi connectivity index (χ0n) is 79.2. The maximum Gasteiger partial charge on any atom is 0.284 e. The summed E-state index contributed by atoms with van der Waals surface area (Å²) in [6.45, 7) is 3.28. The molecule has 21 aromatic rings. The monoisotopic (exact) mass is 2030 g/mol. The number of aromatic amines is 2. The number of amides is 2. The highest BCUT2D eigenvalue weighted by molar-refractivity contribution is 6.36. The van der Waals surface area contributed by atoms with Gasteiger partial charge in [-0.25, -0.2) is 49.8 Å². The summed E-state index contributed by atoms with van der Waals surface area (Å²) in [6.07, 6.45) is 22.5. The number of carbonyl (C=O) groups is 5. The quantitative estimate of drug-likeness (QED) is 0.0292. The fraction of sp³-hybridized carbons (Fsp3) is 0.132. The van der Waals surface area contributed by atoms with Crippen LogP contribution in [0.25, 0.3) is 162 Å². The number of pyridine rings is 5. The number of epoxide rings is 1. The van der Waals surface area contributed by atoms with Crippen LogP contribution in [0.5, 0.6) is 0 Å². The lowest BCUT2D eigenvalue weighted by Crippen LogP contribution is -2.30. The Hall–Kier alpha value is -18.7. The fourth-order valence-electron chi connectivity index (χ4n) is 16.8. The van der Waals surface area contributed by atoms with Gasteiger partial charge in [-0.1, -0.05) is 102 Å². The SMILES string of the molecule is CC(=O)c1nc(-c2cc(Cl)c3[nH]ncc3c2)c(-c2ccn(C)n2)nc1N.Cn1ccc(-c2nc(N)c(C(=O)CC3CO3)nc2-c2ccc3c(=O)[nH]ccc3c2)n1.Cn1ccc(-c2nc(N)c(C(=O)n3cccc3)nc2-c2cc(Cl)c3ncccc3c2)n1.Nc1nc(-c2ccccc2)c(-c2ccc3ncccc3c2)nc1NC(=O)C1CC1.Nc1nc(-n2ccccc2=O)c(-c2cc(Cl)c3ncccc3c2)nc1C(=O)N1CCCC1. The maximum atomic E-state index is 13.1. The molecule has 13 N–H and O–H groups in total. The van der Waals surface area contributed by atoms with Crippen LogP contribution in [0, 0.1) is 5.92 Å². The predicted octanol–water partition coefficient (Wildman–Crippen LogP) is 16.2. The van der Waals surface area contributed by atoms with Gasteiger partial charge in [-0.05, 0) is 152 Å². The molecule has 1 saturated carbocycles. The van der Waals surface area contributed by atoms with E-state index in [0.29, 0.717) is 148 Å². The molecule has 42 heteroatoms. The normalized spacial score (nSPS) is 13.0. The van der Waals surface area contributed by atoms with E-state index in [0.717, 1.165) is 74.8 Å². The van der Waals surface area contributed by atoms with Crippen molar-refractivity contribution in [1.29, 1.82) is 0 Å². The van der Waals surface area contributed by atoms with Gasteiger partial charge in [-0.3, -0.25) is 76.8 Å². The van der Waals surface area contributed by atoms with Crippen LogP contribution in [0.15, 0.2) is 272 Å². The molecule has 6 aromatic carbocycles. The summed E-state index contributed by atoms with van der Waals surface area (Å²) < 4.78 is 12.9. The van der Waals surface area contributed by atoms with E-state index in [-0.39, 0.29) is 117 Å². The Bertz CT molecular complexity index is 8960. The average Bonchev–Trinajstić information content (AvgIpc) is 1.24. The molecule has 0 bridgehead atoms. The van der Waals surface area contributed by atoms with E-state index in [9.17, 15) is 33.6 Å². The number of nitrogen functional groups attached to an aromatic ring is 5. The van der Waals surface area contributed by atoms with Crippen molar-refractivity contribution >= 4 is 153 Å². The number of likely N-dealkylation sites (tertiary alicyclic amines) is 1. The molecule has 0 radical (unpaired) electrons. The van der Waals surface area contributed by atoms with E-state index in [4.69, 9.17) is 73.2 Å². The number of nitrogens with zero attached hydrogens (tertiary/aromatic N) is 23. The molecule has 148 heavy (non-hydrogen) atoms. The molecule has 0 spiro atoms. The number of ether oxygens (including phenoxy) is 1. The zero-order valence-corrected chi connectivity index (χ0v) is 81.5. The number of hydrogen-bond donors (Lipinski definition) is 8. The number of anilines is 6. The van der Waals surface area contributed by atoms with Crippen molar-refractivity contribution in [3.8, 4) is 108 Å². The number of benzene rings is 6. The minimum Gasteiger partial charge on any atom is -0.382 e. The molecule has 734 valence electrons. The summed E-state index contributed by atoms with van der Waals surface area (Å²) in [7, 11) is 5.41. The van der Waals surface area contributed by atoms with E-state index < -0.39 is 0 Å². The minimum absolute atomic E-state index is 0.0232. The molecule has 2 amide bonds. The molecule has 15 aromatic heterocycles. The van der Waals surface area contributed by atoms with E-state index >= 15 is 0 Å². The lowest BCUT2D eigenvalue weighted by Gasteiger charge is -2.18. The number of hydrogen-bond acceptors (Lipinski definition) is 30. The number of nitrogens with two attached hydrogens (primary N) is 5. The van der Waals surface area contributed by atoms with Crippen LogP contribution >= 0.6 is 34.8 Å². The first-order chi connectivity index (χ1) is 71.6. The topological polar surface area (TPSA) is 553 Å². The number of aryl methyl sites for hydroxylation is 3. The van der Waals surface area contributed by atoms with Crippen LogP contribution in [0.2, 0.25) is 15.1 Å².